The molecular weight excluding hydrogens is 741 g/mol. The lowest BCUT2D eigenvalue weighted by Gasteiger charge is -2.15. The highest BCUT2D eigenvalue weighted by atomic mass is 16.6. The minimum absolute atomic E-state index is 0.0631. The minimum atomic E-state index is -0.772. The normalized spacial score (nSPS) is 12.5. The number of ether oxygens (including phenoxy) is 2. The number of hydrogen-bond acceptors (Lipinski definition) is 5. The number of unbranched alkanes of at least 4 members (excludes halogenated alkanes) is 32. The third-order valence-corrected chi connectivity index (χ3v) is 11.6. The molecule has 60 heavy (non-hydrogen) atoms. The maximum absolute atomic E-state index is 12.3. The Bertz CT molecular complexity index is 997. The number of allylic oxidation sites excluding steroid dienone is 8. The first-order chi connectivity index (χ1) is 29.6. The number of carbonyl (C=O) groups excluding carboxylic acids is 2. The van der Waals surface area contributed by atoms with Gasteiger partial charge in [0.05, 0.1) is 6.61 Å². The molecule has 0 spiro atoms. The quantitative estimate of drug-likeness (QED) is 0.0375. The van der Waals surface area contributed by atoms with Gasteiger partial charge in [-0.05, 0) is 51.4 Å². The second kappa shape index (κ2) is 51.2. The Balaban J connectivity index is 3.47. The van der Waals surface area contributed by atoms with Gasteiger partial charge in [0.25, 0.3) is 0 Å². The predicted molar refractivity (Wildman–Crippen MR) is 261 cm³/mol. The first-order valence-electron chi connectivity index (χ1n) is 26.2. The van der Waals surface area contributed by atoms with Crippen LogP contribution in [0.15, 0.2) is 48.6 Å². The second-order valence-corrected chi connectivity index (χ2v) is 17.6. The molecular formula is C55H100O5. The number of aliphatic hydroxyl groups excluding tert-OH is 1. The molecule has 5 heteroatoms. The Morgan fingerprint density at radius 1 is 0.400 bits per heavy atom. The molecule has 0 amide bonds. The van der Waals surface area contributed by atoms with Crippen molar-refractivity contribution >= 4 is 11.9 Å². The molecule has 0 bridgehead atoms. The zero-order valence-corrected chi connectivity index (χ0v) is 40.0. The smallest absolute Gasteiger partial charge is 0.306 e. The van der Waals surface area contributed by atoms with E-state index in [1.807, 2.05) is 0 Å². The van der Waals surface area contributed by atoms with Crippen molar-refractivity contribution in [3.8, 4) is 0 Å². The number of aliphatic hydroxyl groups is 1. The highest BCUT2D eigenvalue weighted by molar-refractivity contribution is 5.70. The Kier molecular flexibility index (Phi) is 49.4. The highest BCUT2D eigenvalue weighted by Gasteiger charge is 2.16. The summed E-state index contributed by atoms with van der Waals surface area (Å²) in [6.07, 6.45) is 66.4. The summed E-state index contributed by atoms with van der Waals surface area (Å²) in [6.45, 7) is 4.06. The van der Waals surface area contributed by atoms with Gasteiger partial charge in [-0.25, -0.2) is 0 Å². The van der Waals surface area contributed by atoms with Crippen LogP contribution < -0.4 is 0 Å². The van der Waals surface area contributed by atoms with Gasteiger partial charge in [-0.1, -0.05) is 255 Å². The molecule has 0 aromatic carbocycles. The van der Waals surface area contributed by atoms with Gasteiger partial charge in [-0.15, -0.1) is 0 Å². The van der Waals surface area contributed by atoms with Crippen LogP contribution in [-0.2, 0) is 19.1 Å². The van der Waals surface area contributed by atoms with Crippen LogP contribution in [0, 0.1) is 0 Å². The molecule has 1 atom stereocenters. The molecule has 0 saturated carbocycles. The molecule has 350 valence electrons. The van der Waals surface area contributed by atoms with Gasteiger partial charge < -0.3 is 14.6 Å². The van der Waals surface area contributed by atoms with E-state index in [-0.39, 0.29) is 25.2 Å². The summed E-state index contributed by atoms with van der Waals surface area (Å²) < 4.78 is 10.7. The fourth-order valence-electron chi connectivity index (χ4n) is 7.73. The molecule has 1 N–H and O–H groups in total. The van der Waals surface area contributed by atoms with Crippen LogP contribution in [0.1, 0.15) is 271 Å². The number of rotatable bonds is 48. The average Bonchev–Trinajstić information content (AvgIpc) is 3.25. The zero-order chi connectivity index (χ0) is 43.5. The first kappa shape index (κ1) is 57.9. The molecule has 5 nitrogen and oxygen atoms in total. The molecule has 0 radical (unpaired) electrons. The van der Waals surface area contributed by atoms with Gasteiger partial charge in [0.1, 0.15) is 6.61 Å². The van der Waals surface area contributed by atoms with Crippen molar-refractivity contribution in [2.45, 2.75) is 277 Å². The lowest BCUT2D eigenvalue weighted by Crippen LogP contribution is -2.28. The number of esters is 2. The van der Waals surface area contributed by atoms with Crippen molar-refractivity contribution in [1.82, 2.24) is 0 Å². The summed E-state index contributed by atoms with van der Waals surface area (Å²) in [7, 11) is 0. The van der Waals surface area contributed by atoms with E-state index in [0.717, 1.165) is 64.2 Å². The fraction of sp³-hybridized carbons (Fsp3) is 0.818. The molecule has 0 heterocycles. The van der Waals surface area contributed by atoms with Crippen molar-refractivity contribution < 1.29 is 24.2 Å². The monoisotopic (exact) mass is 841 g/mol. The second-order valence-electron chi connectivity index (χ2n) is 17.6. The Morgan fingerprint density at radius 3 is 1.08 bits per heavy atom. The van der Waals surface area contributed by atoms with Crippen LogP contribution in [0.2, 0.25) is 0 Å². The van der Waals surface area contributed by atoms with Crippen LogP contribution in [0.3, 0.4) is 0 Å². The fourth-order valence-corrected chi connectivity index (χ4v) is 7.73. The predicted octanol–water partition coefficient (Wildman–Crippen LogP) is 17.3. The Hall–Kier alpha value is -2.14. The van der Waals surface area contributed by atoms with Crippen molar-refractivity contribution in [3.63, 3.8) is 0 Å². The molecule has 0 saturated heterocycles. The molecule has 0 aromatic rings. The molecule has 0 rings (SSSR count). The summed E-state index contributed by atoms with van der Waals surface area (Å²) in [6, 6.07) is 0. The summed E-state index contributed by atoms with van der Waals surface area (Å²) in [5.74, 6) is -0.580. The van der Waals surface area contributed by atoms with Gasteiger partial charge in [-0.3, -0.25) is 9.59 Å². The van der Waals surface area contributed by atoms with Gasteiger partial charge in [-0.2, -0.15) is 0 Å². The first-order valence-corrected chi connectivity index (χ1v) is 26.2. The van der Waals surface area contributed by atoms with Crippen LogP contribution in [-0.4, -0.2) is 36.4 Å². The maximum Gasteiger partial charge on any atom is 0.306 e. The standard InChI is InChI=1S/C55H100O5/c1-3-5-7-9-11-13-15-17-19-21-23-25-26-27-28-30-32-34-36-38-40-42-44-46-48-50-55(58)60-53(51-56)52-59-54(57)49-47-45-43-41-39-37-35-33-31-29-24-22-20-18-16-14-12-10-8-6-4-2/h5,7,11,13,17,19,23,25,53,56H,3-4,6,8-10,12,14-16,18,20-22,24,26-52H2,1-2H3/b7-5-,13-11-,19-17-,25-23-. The largest absolute Gasteiger partial charge is 0.462 e. The van der Waals surface area contributed by atoms with Crippen molar-refractivity contribution in [1.29, 1.82) is 0 Å². The van der Waals surface area contributed by atoms with Crippen LogP contribution in [0.4, 0.5) is 0 Å². The zero-order valence-electron chi connectivity index (χ0n) is 40.0. The minimum Gasteiger partial charge on any atom is -0.462 e. The highest BCUT2D eigenvalue weighted by Crippen LogP contribution is 2.17. The maximum atomic E-state index is 12.3. The van der Waals surface area contributed by atoms with E-state index in [1.54, 1.807) is 0 Å². The molecule has 0 aliphatic carbocycles. The number of hydrogen-bond donors (Lipinski definition) is 1. The van der Waals surface area contributed by atoms with Gasteiger partial charge in [0, 0.05) is 12.8 Å². The van der Waals surface area contributed by atoms with E-state index >= 15 is 0 Å². The van der Waals surface area contributed by atoms with E-state index in [0.29, 0.717) is 12.8 Å². The van der Waals surface area contributed by atoms with E-state index < -0.39 is 6.10 Å². The van der Waals surface area contributed by atoms with Crippen LogP contribution >= 0.6 is 0 Å². The summed E-state index contributed by atoms with van der Waals surface area (Å²) in [4.78, 5) is 24.5. The molecule has 0 aromatic heterocycles. The number of carbonyl (C=O) groups is 2. The SMILES string of the molecule is CC/C=C\C/C=C\C/C=C\C/C=C\CCCCCCCCCCCCCCC(=O)OC(CO)COC(=O)CCCCCCCCCCCCCCCCCCCCCCC. The van der Waals surface area contributed by atoms with E-state index in [2.05, 4.69) is 62.5 Å². The van der Waals surface area contributed by atoms with Gasteiger partial charge >= 0.3 is 11.9 Å². The lowest BCUT2D eigenvalue weighted by molar-refractivity contribution is -0.161. The topological polar surface area (TPSA) is 72.8 Å². The molecule has 0 aliphatic heterocycles. The summed E-state index contributed by atoms with van der Waals surface area (Å²) >= 11 is 0. The van der Waals surface area contributed by atoms with E-state index in [4.69, 9.17) is 9.47 Å². The van der Waals surface area contributed by atoms with E-state index in [9.17, 15) is 14.7 Å². The van der Waals surface area contributed by atoms with Gasteiger partial charge in [0.15, 0.2) is 6.10 Å². The van der Waals surface area contributed by atoms with Crippen molar-refractivity contribution in [3.05, 3.63) is 48.6 Å². The molecule has 1 unspecified atom stereocenters. The average molecular weight is 841 g/mol. The van der Waals surface area contributed by atoms with Crippen LogP contribution in [0.5, 0.6) is 0 Å². The third-order valence-electron chi connectivity index (χ3n) is 11.6. The summed E-state index contributed by atoms with van der Waals surface area (Å²) in [5.41, 5.74) is 0. The van der Waals surface area contributed by atoms with Crippen LogP contribution in [0.25, 0.3) is 0 Å². The Morgan fingerprint density at radius 2 is 0.717 bits per heavy atom. The van der Waals surface area contributed by atoms with Gasteiger partial charge in [0.2, 0.25) is 0 Å². The molecule has 0 aliphatic rings. The van der Waals surface area contributed by atoms with Crippen molar-refractivity contribution in [2.75, 3.05) is 13.2 Å². The van der Waals surface area contributed by atoms with E-state index in [1.165, 1.54) is 180 Å². The Labute approximate surface area is 373 Å². The molecule has 0 fully saturated rings. The summed E-state index contributed by atoms with van der Waals surface area (Å²) in [5, 5.41) is 9.63. The third kappa shape index (κ3) is 48.5. The lowest BCUT2D eigenvalue weighted by atomic mass is 10.0. The van der Waals surface area contributed by atoms with Crippen molar-refractivity contribution in [2.24, 2.45) is 0 Å².